The van der Waals surface area contributed by atoms with E-state index in [0.29, 0.717) is 25.6 Å². The van der Waals surface area contributed by atoms with E-state index in [9.17, 15) is 4.79 Å². The number of carbonyl (C=O) groups is 1. The van der Waals surface area contributed by atoms with Crippen LogP contribution >= 0.6 is 0 Å². The fourth-order valence-corrected chi connectivity index (χ4v) is 7.21. The molecule has 0 spiro atoms. The molecule has 3 heterocycles. The van der Waals surface area contributed by atoms with Crippen LogP contribution in [0, 0.1) is 23.2 Å². The van der Waals surface area contributed by atoms with Gasteiger partial charge in [-0.25, -0.2) is 0 Å². The van der Waals surface area contributed by atoms with Crippen LogP contribution in [0.15, 0.2) is 42.7 Å². The monoisotopic (exact) mass is 405 g/mol. The maximum Gasteiger partial charge on any atom is 0.229 e. The predicted molar refractivity (Wildman–Crippen MR) is 113 cm³/mol. The zero-order valence-electron chi connectivity index (χ0n) is 17.6. The van der Waals surface area contributed by atoms with E-state index in [2.05, 4.69) is 32.8 Å². The fourth-order valence-electron chi connectivity index (χ4n) is 7.21. The number of hydrogen-bond acceptors (Lipinski definition) is 3. The number of amides is 1. The number of hydrogen-bond donors (Lipinski definition) is 0. The van der Waals surface area contributed by atoms with E-state index < -0.39 is 0 Å². The van der Waals surface area contributed by atoms with Crippen LogP contribution in [0.1, 0.15) is 49.9 Å². The second-order valence-corrected chi connectivity index (χ2v) is 10.3. The van der Waals surface area contributed by atoms with Gasteiger partial charge >= 0.3 is 0 Å². The molecule has 0 aromatic carbocycles. The molecule has 4 bridgehead atoms. The quantitative estimate of drug-likeness (QED) is 0.772. The maximum atomic E-state index is 14.0. The van der Waals surface area contributed by atoms with Crippen molar-refractivity contribution in [3.05, 3.63) is 54.1 Å². The van der Waals surface area contributed by atoms with Gasteiger partial charge in [-0.2, -0.15) is 0 Å². The highest BCUT2D eigenvalue weighted by molar-refractivity contribution is 5.83. The van der Waals surface area contributed by atoms with Crippen molar-refractivity contribution in [2.45, 2.75) is 64.3 Å². The molecule has 0 N–H and O–H groups in total. The van der Waals surface area contributed by atoms with Gasteiger partial charge < -0.3 is 14.2 Å². The summed E-state index contributed by atoms with van der Waals surface area (Å²) in [6.07, 6.45) is 11.4. The van der Waals surface area contributed by atoms with Crippen LogP contribution in [0.25, 0.3) is 0 Å². The van der Waals surface area contributed by atoms with Crippen LogP contribution in [0.5, 0.6) is 0 Å². The van der Waals surface area contributed by atoms with Crippen LogP contribution in [-0.2, 0) is 29.2 Å². The molecule has 1 amide bonds. The normalized spacial score (nSPS) is 34.6. The lowest BCUT2D eigenvalue weighted by atomic mass is 9.49. The Hall–Kier alpha value is -2.14. The zero-order chi connectivity index (χ0) is 20.1. The average Bonchev–Trinajstić information content (AvgIpc) is 3.09. The van der Waals surface area contributed by atoms with Crippen LogP contribution in [0.3, 0.4) is 0 Å². The molecule has 2 aromatic heterocycles. The van der Waals surface area contributed by atoms with Gasteiger partial charge in [-0.15, -0.1) is 0 Å². The minimum absolute atomic E-state index is 0.0153. The Bertz CT molecular complexity index is 886. The Morgan fingerprint density at radius 1 is 1.03 bits per heavy atom. The summed E-state index contributed by atoms with van der Waals surface area (Å²) in [5, 5.41) is 0. The summed E-state index contributed by atoms with van der Waals surface area (Å²) in [7, 11) is 0. The molecule has 7 rings (SSSR count). The van der Waals surface area contributed by atoms with Gasteiger partial charge in [-0.05, 0) is 80.5 Å². The molecule has 4 saturated carbocycles. The van der Waals surface area contributed by atoms with E-state index in [-0.39, 0.29) is 11.5 Å². The van der Waals surface area contributed by atoms with Crippen LogP contribution in [-0.4, -0.2) is 33.0 Å². The summed E-state index contributed by atoms with van der Waals surface area (Å²) in [4.78, 5) is 20.5. The largest absolute Gasteiger partial charge is 0.368 e. The number of fused-ring (bicyclic) bond motifs is 1. The van der Waals surface area contributed by atoms with E-state index in [1.54, 1.807) is 6.20 Å². The van der Waals surface area contributed by atoms with Gasteiger partial charge in [0.2, 0.25) is 5.91 Å². The summed E-state index contributed by atoms with van der Waals surface area (Å²) in [5.74, 6) is 2.76. The third kappa shape index (κ3) is 3.27. The van der Waals surface area contributed by atoms with Gasteiger partial charge in [0.05, 0.1) is 36.9 Å². The molecule has 0 unspecified atom stereocenters. The number of nitrogens with zero attached hydrogens (tertiary/aromatic N) is 3. The van der Waals surface area contributed by atoms with Crippen LogP contribution in [0.2, 0.25) is 0 Å². The van der Waals surface area contributed by atoms with Gasteiger partial charge in [0, 0.05) is 24.6 Å². The third-order valence-corrected chi connectivity index (χ3v) is 8.07. The number of pyridine rings is 1. The predicted octanol–water partition coefficient (Wildman–Crippen LogP) is 4.03. The molecule has 5 aliphatic rings. The van der Waals surface area contributed by atoms with Crippen molar-refractivity contribution in [2.75, 3.05) is 6.54 Å². The van der Waals surface area contributed by atoms with Crippen molar-refractivity contribution in [2.24, 2.45) is 23.2 Å². The number of carbonyl (C=O) groups excluding carboxylic acids is 1. The Balaban J connectivity index is 1.23. The van der Waals surface area contributed by atoms with Crippen molar-refractivity contribution >= 4 is 5.91 Å². The van der Waals surface area contributed by atoms with Gasteiger partial charge in [0.1, 0.15) is 0 Å². The molecular weight excluding hydrogens is 374 g/mol. The minimum atomic E-state index is -0.0952. The highest BCUT2D eigenvalue weighted by Gasteiger charge is 2.55. The SMILES string of the molecule is O=C(N1Cc2cccn2C[C@@H](OCc2ccccn2)C1)C12CC3CC(CC(C3)C1)C2. The lowest BCUT2D eigenvalue weighted by molar-refractivity contribution is -0.160. The number of rotatable bonds is 4. The summed E-state index contributed by atoms with van der Waals surface area (Å²) in [6, 6.07) is 10.2. The molecule has 30 heavy (non-hydrogen) atoms. The smallest absolute Gasteiger partial charge is 0.229 e. The van der Waals surface area contributed by atoms with E-state index in [1.807, 2.05) is 18.2 Å². The fraction of sp³-hybridized carbons (Fsp3) is 0.600. The number of aromatic nitrogens is 2. The molecule has 0 radical (unpaired) electrons. The average molecular weight is 406 g/mol. The lowest BCUT2D eigenvalue weighted by Crippen LogP contribution is -2.55. The minimum Gasteiger partial charge on any atom is -0.368 e. The third-order valence-electron chi connectivity index (χ3n) is 8.07. The molecular formula is C25H31N3O2. The maximum absolute atomic E-state index is 14.0. The van der Waals surface area contributed by atoms with Crippen molar-refractivity contribution < 1.29 is 9.53 Å². The summed E-state index contributed by atoms with van der Waals surface area (Å²) >= 11 is 0. The highest BCUT2D eigenvalue weighted by Crippen LogP contribution is 2.60. The molecule has 2 aromatic rings. The Morgan fingerprint density at radius 2 is 1.80 bits per heavy atom. The summed E-state index contributed by atoms with van der Waals surface area (Å²) in [5.41, 5.74) is 2.06. The van der Waals surface area contributed by atoms with Crippen molar-refractivity contribution in [3.63, 3.8) is 0 Å². The van der Waals surface area contributed by atoms with Crippen molar-refractivity contribution in [1.82, 2.24) is 14.5 Å². The first-order valence-corrected chi connectivity index (χ1v) is 11.6. The van der Waals surface area contributed by atoms with Crippen molar-refractivity contribution in [3.8, 4) is 0 Å². The first-order chi connectivity index (χ1) is 14.7. The molecule has 5 heteroatoms. The number of ether oxygens (including phenoxy) is 1. The van der Waals surface area contributed by atoms with Gasteiger partial charge in [0.15, 0.2) is 0 Å². The molecule has 4 fully saturated rings. The summed E-state index contributed by atoms with van der Waals surface area (Å²) in [6.45, 7) is 2.66. The second kappa shape index (κ2) is 7.23. The topological polar surface area (TPSA) is 47.4 Å². The molecule has 1 atom stereocenters. The van der Waals surface area contributed by atoms with Gasteiger partial charge in [-0.3, -0.25) is 9.78 Å². The Kier molecular flexibility index (Phi) is 4.48. The van der Waals surface area contributed by atoms with Gasteiger partial charge in [0.25, 0.3) is 0 Å². The summed E-state index contributed by atoms with van der Waals surface area (Å²) < 4.78 is 8.56. The van der Waals surface area contributed by atoms with Crippen molar-refractivity contribution in [1.29, 1.82) is 0 Å². The zero-order valence-corrected chi connectivity index (χ0v) is 17.6. The molecule has 5 nitrogen and oxygen atoms in total. The molecule has 0 saturated heterocycles. The lowest BCUT2D eigenvalue weighted by Gasteiger charge is -2.56. The first-order valence-electron chi connectivity index (χ1n) is 11.6. The Labute approximate surface area is 178 Å². The Morgan fingerprint density at radius 3 is 2.50 bits per heavy atom. The van der Waals surface area contributed by atoms with Crippen LogP contribution < -0.4 is 0 Å². The molecule has 4 aliphatic carbocycles. The van der Waals surface area contributed by atoms with E-state index in [1.165, 1.54) is 25.0 Å². The standard InChI is InChI=1S/C25H31N3O2/c29-24(25-11-18-8-19(12-25)10-20(9-18)13-25)28-14-22-5-3-7-27(22)15-23(16-28)30-17-21-4-1-2-6-26-21/h1-7,18-20,23H,8-17H2/t18?,19?,20?,23-,25?/m1/s1. The van der Waals surface area contributed by atoms with E-state index in [4.69, 9.17) is 4.74 Å². The highest BCUT2D eigenvalue weighted by atomic mass is 16.5. The van der Waals surface area contributed by atoms with E-state index in [0.717, 1.165) is 49.3 Å². The molecule has 158 valence electrons. The van der Waals surface area contributed by atoms with Gasteiger partial charge in [-0.1, -0.05) is 6.07 Å². The van der Waals surface area contributed by atoms with Crippen LogP contribution in [0.4, 0.5) is 0 Å². The first kappa shape index (κ1) is 18.6. The second-order valence-electron chi connectivity index (χ2n) is 10.3. The van der Waals surface area contributed by atoms with E-state index >= 15 is 0 Å². The molecule has 1 aliphatic heterocycles.